The normalized spacial score (nSPS) is 45.3. The molecule has 1 amide bonds. The van der Waals surface area contributed by atoms with Gasteiger partial charge in [0.05, 0.1) is 30.8 Å². The second-order valence-electron chi connectivity index (χ2n) is 12.7. The van der Waals surface area contributed by atoms with Crippen LogP contribution in [0.5, 0.6) is 0 Å². The molecule has 8 heteroatoms. The van der Waals surface area contributed by atoms with Crippen molar-refractivity contribution in [2.45, 2.75) is 96.9 Å². The first kappa shape index (κ1) is 29.4. The molecule has 11 atom stereocenters. The van der Waals surface area contributed by atoms with E-state index in [4.69, 9.17) is 0 Å². The Morgan fingerprint density at radius 3 is 2.40 bits per heavy atom. The van der Waals surface area contributed by atoms with Gasteiger partial charge in [0.15, 0.2) is 0 Å². The van der Waals surface area contributed by atoms with E-state index in [-0.39, 0.29) is 94.5 Å². The standard InChI is InChI=1S/C27H45NO6.Na/c1-15(5-8-23(32)28(4)14-24(33)34)18-6-7-19-25-20(13-22(31)27(18,19)3)26(2)10-9-17(29)11-16(26)12-21(25)30;/h15-22,25,29-31H,5-14H2,1-4H3,(H,33,34);/q;+1/p-1/t15-,16+,17-,18-,19+,20+,21-,22+,25+,26+,27-;/m1./s1. The van der Waals surface area contributed by atoms with Gasteiger partial charge in [-0.05, 0) is 97.7 Å². The average Bonchev–Trinajstić information content (AvgIpc) is 3.12. The summed E-state index contributed by atoms with van der Waals surface area (Å²) in [5, 5.41) is 44.0. The van der Waals surface area contributed by atoms with Crippen LogP contribution in [0.15, 0.2) is 0 Å². The maximum Gasteiger partial charge on any atom is 1.00 e. The molecular weight excluding hydrogens is 457 g/mol. The average molecular weight is 502 g/mol. The smallest absolute Gasteiger partial charge is 0.548 e. The van der Waals surface area contributed by atoms with Crippen molar-refractivity contribution in [3.63, 3.8) is 0 Å². The van der Waals surface area contributed by atoms with Gasteiger partial charge in [0, 0.05) is 13.5 Å². The van der Waals surface area contributed by atoms with E-state index in [0.717, 1.165) is 38.5 Å². The zero-order valence-corrected chi connectivity index (χ0v) is 24.3. The summed E-state index contributed by atoms with van der Waals surface area (Å²) < 4.78 is 0. The maximum atomic E-state index is 12.4. The largest absolute Gasteiger partial charge is 1.00 e. The van der Waals surface area contributed by atoms with Crippen molar-refractivity contribution in [3.8, 4) is 0 Å². The minimum Gasteiger partial charge on any atom is -0.548 e. The van der Waals surface area contributed by atoms with Gasteiger partial charge in [-0.2, -0.15) is 0 Å². The first-order valence-electron chi connectivity index (χ1n) is 13.4. The summed E-state index contributed by atoms with van der Waals surface area (Å²) in [7, 11) is 1.49. The van der Waals surface area contributed by atoms with Gasteiger partial charge in [-0.25, -0.2) is 0 Å². The quantitative estimate of drug-likeness (QED) is 0.384. The van der Waals surface area contributed by atoms with Crippen molar-refractivity contribution < 1.29 is 59.6 Å². The Morgan fingerprint density at radius 1 is 1.06 bits per heavy atom. The summed E-state index contributed by atoms with van der Waals surface area (Å²) in [5.41, 5.74) is -0.232. The number of carboxylic acid groups (broad SMARTS) is 1. The number of nitrogens with zero attached hydrogens (tertiary/aromatic N) is 1. The minimum absolute atomic E-state index is 0. The van der Waals surface area contributed by atoms with Crippen molar-refractivity contribution in [2.75, 3.05) is 13.6 Å². The summed E-state index contributed by atoms with van der Waals surface area (Å²) in [6, 6.07) is 0. The molecule has 4 fully saturated rings. The van der Waals surface area contributed by atoms with Crippen LogP contribution in [-0.4, -0.2) is 64.0 Å². The number of aliphatic hydroxyl groups is 3. The molecule has 4 saturated carbocycles. The van der Waals surface area contributed by atoms with Crippen molar-refractivity contribution in [1.29, 1.82) is 0 Å². The van der Waals surface area contributed by atoms with Crippen molar-refractivity contribution in [2.24, 2.45) is 46.3 Å². The van der Waals surface area contributed by atoms with Gasteiger partial charge in [-0.1, -0.05) is 20.8 Å². The summed E-state index contributed by atoms with van der Waals surface area (Å²) in [6.07, 6.45) is 5.79. The Bertz CT molecular complexity index is 796. The van der Waals surface area contributed by atoms with Crippen LogP contribution in [0, 0.1) is 46.3 Å². The van der Waals surface area contributed by atoms with Crippen LogP contribution in [0.25, 0.3) is 0 Å². The second kappa shape index (κ2) is 10.9. The number of aliphatic hydroxyl groups excluding tert-OH is 3. The molecule has 0 heterocycles. The van der Waals surface area contributed by atoms with E-state index in [1.165, 1.54) is 11.9 Å². The van der Waals surface area contributed by atoms with Crippen molar-refractivity contribution in [3.05, 3.63) is 0 Å². The molecule has 0 aromatic carbocycles. The molecule has 0 aromatic heterocycles. The number of likely N-dealkylation sites (N-methyl/N-ethyl adjacent to an activating group) is 1. The fraction of sp³-hybridized carbons (Fsp3) is 0.926. The van der Waals surface area contributed by atoms with Gasteiger partial charge >= 0.3 is 29.6 Å². The fourth-order valence-electron chi connectivity index (χ4n) is 9.16. The SMILES string of the molecule is C[C@H](CCC(=O)N(C)CC(=O)[O-])[C@H]1CC[C@H]2[C@@H]3[C@H](O)C[C@@H]4C[C@H](O)CC[C@]4(C)[C@H]3C[C@H](O)[C@]12C.[Na+]. The predicted molar refractivity (Wildman–Crippen MR) is 125 cm³/mol. The van der Waals surface area contributed by atoms with Gasteiger partial charge < -0.3 is 30.1 Å². The number of fused-ring (bicyclic) bond motifs is 5. The molecule has 194 valence electrons. The molecule has 0 bridgehead atoms. The van der Waals surface area contributed by atoms with Crippen molar-refractivity contribution in [1.82, 2.24) is 4.90 Å². The Kier molecular flexibility index (Phi) is 9.15. The fourth-order valence-corrected chi connectivity index (χ4v) is 9.16. The third-order valence-corrected chi connectivity index (χ3v) is 11.1. The van der Waals surface area contributed by atoms with E-state index >= 15 is 0 Å². The number of amides is 1. The number of hydrogen-bond donors (Lipinski definition) is 3. The van der Waals surface area contributed by atoms with Gasteiger partial charge in [0.25, 0.3) is 0 Å². The molecule has 0 radical (unpaired) electrons. The first-order chi connectivity index (χ1) is 15.9. The molecule has 4 rings (SSSR count). The first-order valence-corrected chi connectivity index (χ1v) is 13.4. The van der Waals surface area contributed by atoms with Crippen molar-refractivity contribution >= 4 is 11.9 Å². The molecule has 35 heavy (non-hydrogen) atoms. The monoisotopic (exact) mass is 501 g/mol. The molecule has 0 unspecified atom stereocenters. The molecule has 0 aliphatic heterocycles. The molecule has 4 aliphatic rings. The predicted octanol–water partition coefficient (Wildman–Crippen LogP) is -1.42. The molecular formula is C27H44NNaO6. The number of carbonyl (C=O) groups is 2. The Balaban J connectivity index is 0.00000342. The zero-order valence-electron chi connectivity index (χ0n) is 22.3. The topological polar surface area (TPSA) is 121 Å². The molecule has 4 aliphatic carbocycles. The molecule has 7 nitrogen and oxygen atoms in total. The van der Waals surface area contributed by atoms with E-state index in [1.54, 1.807) is 0 Å². The van der Waals surface area contributed by atoms with Crippen LogP contribution in [-0.2, 0) is 9.59 Å². The van der Waals surface area contributed by atoms with E-state index in [1.807, 2.05) is 0 Å². The summed E-state index contributed by atoms with van der Waals surface area (Å²) in [5.74, 6) is 0.0437. The van der Waals surface area contributed by atoms with E-state index in [2.05, 4.69) is 20.8 Å². The van der Waals surface area contributed by atoms with Gasteiger partial charge in [0.1, 0.15) is 0 Å². The van der Waals surface area contributed by atoms with Gasteiger partial charge in [0.2, 0.25) is 5.91 Å². The number of carboxylic acids is 1. The molecule has 3 N–H and O–H groups in total. The molecule has 0 aromatic rings. The van der Waals surface area contributed by atoms with Gasteiger partial charge in [-0.3, -0.25) is 4.79 Å². The number of carbonyl (C=O) groups excluding carboxylic acids is 2. The molecule has 0 spiro atoms. The summed E-state index contributed by atoms with van der Waals surface area (Å²) >= 11 is 0. The Hall–Kier alpha value is -0.180. The number of aliphatic carboxylic acids is 1. The van der Waals surface area contributed by atoms with E-state index in [0.29, 0.717) is 18.8 Å². The van der Waals surface area contributed by atoms with Crippen LogP contribution in [0.1, 0.15) is 78.6 Å². The zero-order chi connectivity index (χ0) is 25.0. The second-order valence-corrected chi connectivity index (χ2v) is 12.7. The number of hydrogen-bond acceptors (Lipinski definition) is 6. The van der Waals surface area contributed by atoms with E-state index < -0.39 is 18.6 Å². The Labute approximate surface area is 232 Å². The number of rotatable bonds is 6. The minimum atomic E-state index is -1.26. The van der Waals surface area contributed by atoms with Crippen LogP contribution < -0.4 is 34.7 Å². The van der Waals surface area contributed by atoms with E-state index in [9.17, 15) is 30.0 Å². The van der Waals surface area contributed by atoms with Crippen LogP contribution in [0.3, 0.4) is 0 Å². The summed E-state index contributed by atoms with van der Waals surface area (Å²) in [6.45, 7) is 6.31. The summed E-state index contributed by atoms with van der Waals surface area (Å²) in [4.78, 5) is 24.4. The van der Waals surface area contributed by atoms with Crippen LogP contribution in [0.2, 0.25) is 0 Å². The maximum absolute atomic E-state index is 12.4. The third kappa shape index (κ3) is 5.12. The van der Waals surface area contributed by atoms with Gasteiger partial charge in [-0.15, -0.1) is 0 Å². The Morgan fingerprint density at radius 2 is 1.74 bits per heavy atom. The van der Waals surface area contributed by atoms with Crippen LogP contribution in [0.4, 0.5) is 0 Å². The molecule has 0 saturated heterocycles. The van der Waals surface area contributed by atoms with Crippen LogP contribution >= 0.6 is 0 Å². The third-order valence-electron chi connectivity index (χ3n) is 11.1.